The topological polar surface area (TPSA) is 59.2 Å². The first kappa shape index (κ1) is 8.89. The summed E-state index contributed by atoms with van der Waals surface area (Å²) in [5.74, 6) is -1.28. The SMILES string of the molecule is O=C(OF)c1c[nH]c2ccsc2c1=O. The van der Waals surface area contributed by atoms with Crippen LogP contribution in [0.3, 0.4) is 0 Å². The van der Waals surface area contributed by atoms with E-state index < -0.39 is 11.4 Å². The number of fused-ring (bicyclic) bond motifs is 1. The largest absolute Gasteiger partial charge is 0.385 e. The molecule has 6 heteroatoms. The highest BCUT2D eigenvalue weighted by Gasteiger charge is 2.15. The maximum Gasteiger partial charge on any atom is 0.385 e. The molecule has 4 nitrogen and oxygen atoms in total. The molecular formula is C8H4FNO3S. The highest BCUT2D eigenvalue weighted by atomic mass is 32.1. The highest BCUT2D eigenvalue weighted by molar-refractivity contribution is 7.17. The Balaban J connectivity index is 2.74. The van der Waals surface area contributed by atoms with Gasteiger partial charge in [0, 0.05) is 10.7 Å². The van der Waals surface area contributed by atoms with Crippen molar-refractivity contribution < 1.29 is 14.3 Å². The van der Waals surface area contributed by atoms with E-state index in [-0.39, 0.29) is 5.56 Å². The Morgan fingerprint density at radius 1 is 1.57 bits per heavy atom. The van der Waals surface area contributed by atoms with E-state index in [0.717, 1.165) is 6.20 Å². The summed E-state index contributed by atoms with van der Waals surface area (Å²) >= 11 is 1.18. The van der Waals surface area contributed by atoms with Crippen molar-refractivity contribution in [2.45, 2.75) is 0 Å². The van der Waals surface area contributed by atoms with E-state index in [4.69, 9.17) is 0 Å². The molecule has 0 unspecified atom stereocenters. The number of pyridine rings is 1. The van der Waals surface area contributed by atoms with Gasteiger partial charge in [-0.15, -0.1) is 11.3 Å². The predicted molar refractivity (Wildman–Crippen MR) is 49.0 cm³/mol. The minimum atomic E-state index is -1.28. The van der Waals surface area contributed by atoms with Crippen LogP contribution in [-0.2, 0) is 4.94 Å². The third-order valence-electron chi connectivity index (χ3n) is 1.78. The van der Waals surface area contributed by atoms with Crippen LogP contribution in [0.15, 0.2) is 22.4 Å². The van der Waals surface area contributed by atoms with Gasteiger partial charge in [-0.05, 0) is 11.4 Å². The molecule has 0 spiro atoms. The molecule has 0 saturated carbocycles. The van der Waals surface area contributed by atoms with Crippen molar-refractivity contribution >= 4 is 27.5 Å². The summed E-state index contributed by atoms with van der Waals surface area (Å²) in [4.78, 5) is 28.0. The average Bonchev–Trinajstić information content (AvgIpc) is 2.66. The number of hydrogen-bond acceptors (Lipinski definition) is 4. The van der Waals surface area contributed by atoms with Gasteiger partial charge in [-0.1, -0.05) is 0 Å². The maximum atomic E-state index is 11.6. The standard InChI is InChI=1S/C8H4FNO3S/c9-13-8(12)4-3-10-5-1-2-14-7(5)6(4)11/h1-3H,(H,10,11). The first-order valence-corrected chi connectivity index (χ1v) is 4.54. The van der Waals surface area contributed by atoms with Crippen LogP contribution in [-0.4, -0.2) is 11.0 Å². The summed E-state index contributed by atoms with van der Waals surface area (Å²) in [6.45, 7) is 0. The molecule has 0 amide bonds. The Labute approximate surface area is 80.8 Å². The normalized spacial score (nSPS) is 10.4. The Morgan fingerprint density at radius 3 is 3.07 bits per heavy atom. The molecule has 0 saturated heterocycles. The van der Waals surface area contributed by atoms with Gasteiger partial charge in [0.1, 0.15) is 5.56 Å². The Bertz CT molecular complexity index is 545. The van der Waals surface area contributed by atoms with Crippen molar-refractivity contribution in [3.05, 3.63) is 33.4 Å². The fourth-order valence-corrected chi connectivity index (χ4v) is 1.94. The molecule has 2 aromatic heterocycles. The van der Waals surface area contributed by atoms with E-state index in [1.54, 1.807) is 11.4 Å². The number of nitrogens with one attached hydrogen (secondary N) is 1. The third kappa shape index (κ3) is 1.20. The average molecular weight is 213 g/mol. The van der Waals surface area contributed by atoms with Crippen LogP contribution in [0.4, 0.5) is 4.53 Å². The summed E-state index contributed by atoms with van der Waals surface area (Å²) < 4.78 is 12.0. The molecule has 1 N–H and O–H groups in total. The van der Waals surface area contributed by atoms with Gasteiger partial charge in [0.15, 0.2) is 0 Å². The van der Waals surface area contributed by atoms with Crippen molar-refractivity contribution in [2.24, 2.45) is 0 Å². The van der Waals surface area contributed by atoms with Gasteiger partial charge in [0.25, 0.3) is 0 Å². The maximum absolute atomic E-state index is 11.6. The van der Waals surface area contributed by atoms with E-state index in [0.29, 0.717) is 10.2 Å². The Morgan fingerprint density at radius 2 is 2.36 bits per heavy atom. The molecule has 2 rings (SSSR count). The van der Waals surface area contributed by atoms with E-state index >= 15 is 0 Å². The lowest BCUT2D eigenvalue weighted by Crippen LogP contribution is -2.14. The van der Waals surface area contributed by atoms with Crippen molar-refractivity contribution in [2.75, 3.05) is 0 Å². The van der Waals surface area contributed by atoms with E-state index in [2.05, 4.69) is 9.93 Å². The van der Waals surface area contributed by atoms with Crippen LogP contribution in [0.5, 0.6) is 0 Å². The number of carbonyl (C=O) groups excluding carboxylic acids is 1. The summed E-state index contributed by atoms with van der Waals surface area (Å²) in [5, 5.41) is 1.70. The monoisotopic (exact) mass is 213 g/mol. The predicted octanol–water partition coefficient (Wildman–Crippen LogP) is 1.63. The second-order valence-corrected chi connectivity index (χ2v) is 3.48. The summed E-state index contributed by atoms with van der Waals surface area (Å²) in [6.07, 6.45) is 1.14. The van der Waals surface area contributed by atoms with Gasteiger partial charge in [-0.2, -0.15) is 0 Å². The second kappa shape index (κ2) is 3.22. The quantitative estimate of drug-likeness (QED) is 0.783. The number of hydrogen-bond donors (Lipinski definition) is 1. The molecule has 0 bridgehead atoms. The molecule has 0 aliphatic heterocycles. The molecule has 2 heterocycles. The molecule has 0 aliphatic carbocycles. The van der Waals surface area contributed by atoms with Gasteiger partial charge in [0.2, 0.25) is 5.43 Å². The number of rotatable bonds is 1. The summed E-state index contributed by atoms with van der Waals surface area (Å²) in [7, 11) is 0. The third-order valence-corrected chi connectivity index (χ3v) is 2.69. The molecule has 0 fully saturated rings. The minimum absolute atomic E-state index is 0.331. The molecule has 2 aromatic rings. The molecule has 72 valence electrons. The summed E-state index contributed by atoms with van der Waals surface area (Å²) in [6, 6.07) is 1.70. The first-order chi connectivity index (χ1) is 6.74. The van der Waals surface area contributed by atoms with Gasteiger partial charge in [-0.25, -0.2) is 9.74 Å². The highest BCUT2D eigenvalue weighted by Crippen LogP contribution is 2.14. The lowest BCUT2D eigenvalue weighted by molar-refractivity contribution is -0.0789. The molecule has 0 aromatic carbocycles. The smallest absolute Gasteiger partial charge is 0.359 e. The zero-order valence-electron chi connectivity index (χ0n) is 6.74. The molecule has 0 atom stereocenters. The van der Waals surface area contributed by atoms with Crippen LogP contribution in [0.2, 0.25) is 0 Å². The van der Waals surface area contributed by atoms with E-state index in [1.165, 1.54) is 11.3 Å². The van der Waals surface area contributed by atoms with Gasteiger partial charge < -0.3 is 4.98 Å². The molecule has 0 radical (unpaired) electrons. The van der Waals surface area contributed by atoms with Crippen LogP contribution in [0.1, 0.15) is 10.4 Å². The lowest BCUT2D eigenvalue weighted by atomic mass is 10.2. The lowest BCUT2D eigenvalue weighted by Gasteiger charge is -1.94. The number of aromatic nitrogens is 1. The van der Waals surface area contributed by atoms with Crippen LogP contribution >= 0.6 is 11.3 Å². The second-order valence-electron chi connectivity index (χ2n) is 2.56. The number of halogens is 1. The Kier molecular flexibility index (Phi) is 2.05. The van der Waals surface area contributed by atoms with E-state index in [1.807, 2.05) is 0 Å². The zero-order chi connectivity index (χ0) is 10.1. The number of H-pyrrole nitrogens is 1. The first-order valence-electron chi connectivity index (χ1n) is 3.66. The molecule has 14 heavy (non-hydrogen) atoms. The molecular weight excluding hydrogens is 209 g/mol. The van der Waals surface area contributed by atoms with Crippen LogP contribution in [0, 0.1) is 0 Å². The van der Waals surface area contributed by atoms with E-state index in [9.17, 15) is 14.1 Å². The zero-order valence-corrected chi connectivity index (χ0v) is 7.56. The fourth-order valence-electron chi connectivity index (χ4n) is 1.13. The van der Waals surface area contributed by atoms with Gasteiger partial charge >= 0.3 is 5.97 Å². The number of aromatic amines is 1. The Hall–Kier alpha value is -1.69. The number of thiophene rings is 1. The van der Waals surface area contributed by atoms with Crippen LogP contribution in [0.25, 0.3) is 10.2 Å². The minimum Gasteiger partial charge on any atom is -0.359 e. The van der Waals surface area contributed by atoms with Crippen molar-refractivity contribution in [3.8, 4) is 0 Å². The fraction of sp³-hybridized carbons (Fsp3) is 0. The van der Waals surface area contributed by atoms with Crippen molar-refractivity contribution in [3.63, 3.8) is 0 Å². The number of carbonyl (C=O) groups is 1. The van der Waals surface area contributed by atoms with Gasteiger partial charge in [-0.3, -0.25) is 4.79 Å². The summed E-state index contributed by atoms with van der Waals surface area (Å²) in [5.41, 5.74) is -0.228. The van der Waals surface area contributed by atoms with Crippen LogP contribution < -0.4 is 5.43 Å². The van der Waals surface area contributed by atoms with Crippen molar-refractivity contribution in [1.82, 2.24) is 4.98 Å². The molecule has 0 aliphatic rings. The van der Waals surface area contributed by atoms with Gasteiger partial charge in [0.05, 0.1) is 10.2 Å². The van der Waals surface area contributed by atoms with Crippen molar-refractivity contribution in [1.29, 1.82) is 0 Å².